The second kappa shape index (κ2) is 7.16. The Morgan fingerprint density at radius 1 is 1.07 bits per heavy atom. The molecule has 0 unspecified atom stereocenters. The van der Waals surface area contributed by atoms with Crippen LogP contribution < -0.4 is 5.32 Å². The van der Waals surface area contributed by atoms with Gasteiger partial charge in [0, 0.05) is 28.7 Å². The number of nitrogens with one attached hydrogen (secondary N) is 1. The van der Waals surface area contributed by atoms with Crippen molar-refractivity contribution >= 4 is 33.3 Å². The fraction of sp³-hybridized carbons (Fsp3) is 0.0526. The summed E-state index contributed by atoms with van der Waals surface area (Å²) < 4.78 is 25.9. The van der Waals surface area contributed by atoms with Crippen LogP contribution in [0.3, 0.4) is 0 Å². The Balaban J connectivity index is 1.77. The lowest BCUT2D eigenvalue weighted by atomic mass is 10.1. The van der Waals surface area contributed by atoms with Crippen molar-refractivity contribution in [3.63, 3.8) is 0 Å². The smallest absolute Gasteiger partial charge is 0.280 e. The third-order valence-electron chi connectivity index (χ3n) is 3.92. The number of pyridine rings is 2. The van der Waals surface area contributed by atoms with Gasteiger partial charge in [-0.3, -0.25) is 15.1 Å². The van der Waals surface area contributed by atoms with Crippen LogP contribution >= 0.6 is 11.3 Å². The van der Waals surface area contributed by atoms with Crippen LogP contribution in [0.4, 0.5) is 13.9 Å². The molecule has 0 saturated heterocycles. The SMILES string of the molecule is O=C(Nc1nccs1)c1cccc2ccc(-c3ccnc(C(F)F)c3)nc12. The normalized spacial score (nSPS) is 11.1. The summed E-state index contributed by atoms with van der Waals surface area (Å²) in [5, 5.41) is 5.76. The van der Waals surface area contributed by atoms with Gasteiger partial charge in [0.2, 0.25) is 0 Å². The highest BCUT2D eigenvalue weighted by Crippen LogP contribution is 2.26. The molecule has 3 heterocycles. The molecule has 0 spiro atoms. The third-order valence-corrected chi connectivity index (χ3v) is 4.61. The van der Waals surface area contributed by atoms with Gasteiger partial charge < -0.3 is 0 Å². The van der Waals surface area contributed by atoms with Crippen LogP contribution in [0.1, 0.15) is 22.5 Å². The van der Waals surface area contributed by atoms with E-state index in [2.05, 4.69) is 20.3 Å². The van der Waals surface area contributed by atoms with Crippen LogP contribution in [0, 0.1) is 0 Å². The summed E-state index contributed by atoms with van der Waals surface area (Å²) >= 11 is 1.31. The van der Waals surface area contributed by atoms with Gasteiger partial charge in [-0.25, -0.2) is 18.7 Å². The maximum absolute atomic E-state index is 12.9. The molecule has 0 radical (unpaired) electrons. The van der Waals surface area contributed by atoms with Gasteiger partial charge in [-0.1, -0.05) is 18.2 Å². The van der Waals surface area contributed by atoms with E-state index in [4.69, 9.17) is 0 Å². The summed E-state index contributed by atoms with van der Waals surface area (Å²) in [6, 6.07) is 11.7. The van der Waals surface area contributed by atoms with Crippen LogP contribution in [0.15, 0.2) is 60.2 Å². The number of hydrogen-bond acceptors (Lipinski definition) is 5. The number of para-hydroxylation sites is 1. The van der Waals surface area contributed by atoms with Gasteiger partial charge in [0.15, 0.2) is 5.13 Å². The lowest BCUT2D eigenvalue weighted by Crippen LogP contribution is -2.12. The van der Waals surface area contributed by atoms with Gasteiger partial charge in [0.25, 0.3) is 12.3 Å². The minimum absolute atomic E-state index is 0.316. The number of carbonyl (C=O) groups excluding carboxylic acids is 1. The average Bonchev–Trinajstić information content (AvgIpc) is 3.20. The van der Waals surface area contributed by atoms with Gasteiger partial charge in [-0.2, -0.15) is 0 Å². The number of rotatable bonds is 4. The number of alkyl halides is 2. The predicted octanol–water partition coefficient (Wildman–Crippen LogP) is 4.94. The zero-order valence-corrected chi connectivity index (χ0v) is 14.6. The molecule has 27 heavy (non-hydrogen) atoms. The van der Waals surface area contributed by atoms with E-state index in [0.717, 1.165) is 5.39 Å². The molecule has 4 aromatic rings. The molecule has 8 heteroatoms. The van der Waals surface area contributed by atoms with Gasteiger partial charge in [0.1, 0.15) is 5.69 Å². The van der Waals surface area contributed by atoms with Crippen molar-refractivity contribution in [1.82, 2.24) is 15.0 Å². The zero-order valence-electron chi connectivity index (χ0n) is 13.8. The molecule has 0 atom stereocenters. The number of carbonyl (C=O) groups is 1. The Morgan fingerprint density at radius 2 is 1.96 bits per heavy atom. The standard InChI is InChI=1S/C19H12F2N4OS/c20-17(21)15-10-12(6-7-22-15)14-5-4-11-2-1-3-13(16(11)24-14)18(26)25-19-23-8-9-27-19/h1-10,17H,(H,23,25,26). The van der Waals surface area contributed by atoms with E-state index >= 15 is 0 Å². The topological polar surface area (TPSA) is 67.8 Å². The molecule has 1 N–H and O–H groups in total. The second-order valence-electron chi connectivity index (χ2n) is 5.64. The number of fused-ring (bicyclic) bond motifs is 1. The largest absolute Gasteiger partial charge is 0.298 e. The molecule has 5 nitrogen and oxygen atoms in total. The Bertz CT molecular complexity index is 1120. The molecule has 134 valence electrons. The molecule has 1 aromatic carbocycles. The van der Waals surface area contributed by atoms with Crippen molar-refractivity contribution in [3.8, 4) is 11.3 Å². The van der Waals surface area contributed by atoms with Crippen LogP contribution in [0.2, 0.25) is 0 Å². The highest BCUT2D eigenvalue weighted by Gasteiger charge is 2.15. The zero-order chi connectivity index (χ0) is 18.8. The molecule has 0 fully saturated rings. The maximum Gasteiger partial charge on any atom is 0.280 e. The number of halogens is 2. The maximum atomic E-state index is 12.9. The van der Waals surface area contributed by atoms with Gasteiger partial charge in [-0.15, -0.1) is 11.3 Å². The van der Waals surface area contributed by atoms with E-state index in [0.29, 0.717) is 27.5 Å². The first-order valence-corrected chi connectivity index (χ1v) is 8.85. The van der Waals surface area contributed by atoms with E-state index in [-0.39, 0.29) is 11.6 Å². The number of hydrogen-bond donors (Lipinski definition) is 1. The van der Waals surface area contributed by atoms with Crippen molar-refractivity contribution < 1.29 is 13.6 Å². The molecule has 0 aliphatic carbocycles. The highest BCUT2D eigenvalue weighted by molar-refractivity contribution is 7.13. The van der Waals surface area contributed by atoms with Crippen molar-refractivity contribution in [2.75, 3.05) is 5.32 Å². The van der Waals surface area contributed by atoms with Gasteiger partial charge >= 0.3 is 0 Å². The lowest BCUT2D eigenvalue weighted by molar-refractivity contribution is 0.102. The van der Waals surface area contributed by atoms with Gasteiger partial charge in [0.05, 0.1) is 16.8 Å². The number of aromatic nitrogens is 3. The van der Waals surface area contributed by atoms with E-state index in [1.54, 1.807) is 41.9 Å². The minimum atomic E-state index is -2.66. The van der Waals surface area contributed by atoms with Crippen LogP contribution in [-0.4, -0.2) is 20.9 Å². The first-order valence-electron chi connectivity index (χ1n) is 7.97. The second-order valence-corrected chi connectivity index (χ2v) is 6.53. The average molecular weight is 382 g/mol. The van der Waals surface area contributed by atoms with Gasteiger partial charge in [-0.05, 0) is 24.3 Å². The van der Waals surface area contributed by atoms with Crippen LogP contribution in [-0.2, 0) is 0 Å². The first kappa shape index (κ1) is 17.2. The Morgan fingerprint density at radius 3 is 2.74 bits per heavy atom. The molecule has 1 amide bonds. The Labute approximate surface area is 156 Å². The number of amides is 1. The number of anilines is 1. The summed E-state index contributed by atoms with van der Waals surface area (Å²) in [4.78, 5) is 24.9. The molecular weight excluding hydrogens is 370 g/mol. The van der Waals surface area contributed by atoms with E-state index in [1.165, 1.54) is 23.6 Å². The van der Waals surface area contributed by atoms with E-state index in [1.807, 2.05) is 6.07 Å². The third kappa shape index (κ3) is 3.52. The molecule has 0 saturated carbocycles. The quantitative estimate of drug-likeness (QED) is 0.543. The van der Waals surface area contributed by atoms with Crippen molar-refractivity contribution in [1.29, 1.82) is 0 Å². The molecule has 0 aliphatic heterocycles. The van der Waals surface area contributed by atoms with Crippen molar-refractivity contribution in [2.45, 2.75) is 6.43 Å². The first-order chi connectivity index (χ1) is 13.1. The summed E-state index contributed by atoms with van der Waals surface area (Å²) in [5.74, 6) is -0.330. The predicted molar refractivity (Wildman–Crippen MR) is 100.0 cm³/mol. The van der Waals surface area contributed by atoms with Crippen molar-refractivity contribution in [3.05, 3.63) is 71.5 Å². The summed E-state index contributed by atoms with van der Waals surface area (Å²) in [6.45, 7) is 0. The molecule has 4 rings (SSSR count). The Hall–Kier alpha value is -3.26. The summed E-state index contributed by atoms with van der Waals surface area (Å²) in [5.41, 5.74) is 1.55. The van der Waals surface area contributed by atoms with E-state index < -0.39 is 6.43 Å². The fourth-order valence-electron chi connectivity index (χ4n) is 2.67. The van der Waals surface area contributed by atoms with E-state index in [9.17, 15) is 13.6 Å². The number of thiazole rings is 1. The summed E-state index contributed by atoms with van der Waals surface area (Å²) in [6.07, 6.45) is 0.262. The van der Waals surface area contributed by atoms with Crippen LogP contribution in [0.25, 0.3) is 22.2 Å². The van der Waals surface area contributed by atoms with Crippen LogP contribution in [0.5, 0.6) is 0 Å². The Kier molecular flexibility index (Phi) is 4.55. The number of benzene rings is 1. The number of nitrogens with zero attached hydrogens (tertiary/aromatic N) is 3. The molecule has 3 aromatic heterocycles. The monoisotopic (exact) mass is 382 g/mol. The molecular formula is C19H12F2N4OS. The lowest BCUT2D eigenvalue weighted by Gasteiger charge is -2.08. The summed E-state index contributed by atoms with van der Waals surface area (Å²) in [7, 11) is 0. The van der Waals surface area contributed by atoms with Crippen molar-refractivity contribution in [2.24, 2.45) is 0 Å². The molecule has 0 aliphatic rings. The fourth-order valence-corrected chi connectivity index (χ4v) is 3.19. The highest BCUT2D eigenvalue weighted by atomic mass is 32.1. The minimum Gasteiger partial charge on any atom is -0.298 e. The molecule has 0 bridgehead atoms.